The van der Waals surface area contributed by atoms with Gasteiger partial charge in [0.2, 0.25) is 5.79 Å². The number of rotatable bonds is 3. The summed E-state index contributed by atoms with van der Waals surface area (Å²) < 4.78 is 10.4. The molecule has 76 valence electrons. The maximum Gasteiger partial charge on any atom is 0.208 e. The van der Waals surface area contributed by atoms with Crippen LogP contribution in [0.3, 0.4) is 0 Å². The quantitative estimate of drug-likeness (QED) is 0.416. The maximum absolute atomic E-state index is 10.0. The summed E-state index contributed by atoms with van der Waals surface area (Å²) in [6.07, 6.45) is 4.08. The summed E-state index contributed by atoms with van der Waals surface area (Å²) in [6, 6.07) is 0. The molecule has 0 amide bonds. The molecule has 0 spiro atoms. The fourth-order valence-electron chi connectivity index (χ4n) is 1.34. The number of epoxide rings is 1. The third-order valence-electron chi connectivity index (χ3n) is 2.38. The first-order chi connectivity index (χ1) is 6.60. The van der Waals surface area contributed by atoms with E-state index >= 15 is 0 Å². The topological polar surface area (TPSA) is 42.0 Å². The Bertz CT molecular complexity index is 302. The molecule has 0 radical (unpaired) electrons. The molecule has 1 fully saturated rings. The van der Waals surface area contributed by atoms with Crippen molar-refractivity contribution in [1.29, 1.82) is 0 Å². The highest BCUT2D eigenvalue weighted by Crippen LogP contribution is 2.30. The van der Waals surface area contributed by atoms with Crippen LogP contribution >= 0.6 is 0 Å². The molecule has 14 heavy (non-hydrogen) atoms. The van der Waals surface area contributed by atoms with Gasteiger partial charge in [0.15, 0.2) is 0 Å². The highest BCUT2D eigenvalue weighted by Gasteiger charge is 2.34. The molecule has 1 aliphatic heterocycles. The lowest BCUT2D eigenvalue weighted by Gasteiger charge is -2.30. The van der Waals surface area contributed by atoms with Gasteiger partial charge < -0.3 is 14.6 Å². The molecule has 1 heterocycles. The van der Waals surface area contributed by atoms with Crippen LogP contribution in [0.25, 0.3) is 0 Å². The monoisotopic (exact) mass is 194 g/mol. The van der Waals surface area contributed by atoms with Crippen LogP contribution in [-0.4, -0.2) is 30.2 Å². The predicted octanol–water partition coefficient (Wildman–Crippen LogP) is 1.16. The van der Waals surface area contributed by atoms with Crippen LogP contribution in [0, 0.1) is 0 Å². The first kappa shape index (κ1) is 9.65. The fraction of sp³-hybridized carbons (Fsp3) is 0.455. The van der Waals surface area contributed by atoms with Gasteiger partial charge in [-0.05, 0) is 18.1 Å². The number of allylic oxidation sites excluding steroid dienone is 2. The zero-order valence-electron chi connectivity index (χ0n) is 8.03. The highest BCUT2D eigenvalue weighted by molar-refractivity contribution is 5.35. The van der Waals surface area contributed by atoms with E-state index < -0.39 is 5.79 Å². The minimum Gasteiger partial charge on any atom is -0.371 e. The van der Waals surface area contributed by atoms with Gasteiger partial charge in [-0.1, -0.05) is 24.8 Å². The number of hydrogen-bond acceptors (Lipinski definition) is 3. The zero-order chi connectivity index (χ0) is 10.2. The average molecular weight is 194 g/mol. The molecule has 2 aliphatic rings. The van der Waals surface area contributed by atoms with Gasteiger partial charge in [0.05, 0.1) is 13.2 Å². The summed E-state index contributed by atoms with van der Waals surface area (Å²) in [4.78, 5) is 0. The van der Waals surface area contributed by atoms with Crippen LogP contribution in [-0.2, 0) is 9.47 Å². The second-order valence-electron chi connectivity index (χ2n) is 3.73. The average Bonchev–Trinajstić information content (AvgIpc) is 2.93. The number of hydrogen-bond donors (Lipinski definition) is 1. The lowest BCUT2D eigenvalue weighted by molar-refractivity contribution is -0.143. The molecule has 3 nitrogen and oxygen atoms in total. The highest BCUT2D eigenvalue weighted by atomic mass is 16.7. The van der Waals surface area contributed by atoms with Crippen molar-refractivity contribution in [1.82, 2.24) is 0 Å². The molecule has 1 saturated heterocycles. The minimum absolute atomic E-state index is 0.144. The Morgan fingerprint density at radius 2 is 2.36 bits per heavy atom. The van der Waals surface area contributed by atoms with Gasteiger partial charge in [0.25, 0.3) is 0 Å². The van der Waals surface area contributed by atoms with Crippen LogP contribution in [0.2, 0.25) is 0 Å². The standard InChI is InChI=1S/C11H14O3/c1-8-3-4-11(12,9(2)5-8)14-7-10-6-13-10/h3-4,10,12H,1-2,5-7H2. The van der Waals surface area contributed by atoms with Crippen LogP contribution in [0.15, 0.2) is 36.5 Å². The third kappa shape index (κ3) is 1.95. The van der Waals surface area contributed by atoms with E-state index in [-0.39, 0.29) is 6.10 Å². The Kier molecular flexibility index (Phi) is 2.31. The number of ether oxygens (including phenoxy) is 2. The van der Waals surface area contributed by atoms with Gasteiger partial charge in [-0.3, -0.25) is 0 Å². The maximum atomic E-state index is 10.0. The third-order valence-corrected chi connectivity index (χ3v) is 2.38. The van der Waals surface area contributed by atoms with E-state index in [1.54, 1.807) is 12.2 Å². The molecule has 2 rings (SSSR count). The number of aliphatic hydroxyl groups is 1. The first-order valence-electron chi connectivity index (χ1n) is 4.63. The molecule has 0 aromatic carbocycles. The van der Waals surface area contributed by atoms with Gasteiger partial charge in [-0.2, -0.15) is 0 Å². The van der Waals surface area contributed by atoms with Gasteiger partial charge in [0.1, 0.15) is 6.10 Å². The Morgan fingerprint density at radius 3 is 2.93 bits per heavy atom. The van der Waals surface area contributed by atoms with Crippen LogP contribution in [0.5, 0.6) is 0 Å². The van der Waals surface area contributed by atoms with Crippen LogP contribution < -0.4 is 0 Å². The van der Waals surface area contributed by atoms with Gasteiger partial charge in [-0.25, -0.2) is 0 Å². The molecular formula is C11H14O3. The van der Waals surface area contributed by atoms with E-state index in [2.05, 4.69) is 13.2 Å². The Labute approximate surface area is 83.3 Å². The van der Waals surface area contributed by atoms with Crippen molar-refractivity contribution >= 4 is 0 Å². The van der Waals surface area contributed by atoms with Crippen LogP contribution in [0.4, 0.5) is 0 Å². The van der Waals surface area contributed by atoms with Crippen molar-refractivity contribution in [2.24, 2.45) is 0 Å². The van der Waals surface area contributed by atoms with Gasteiger partial charge in [-0.15, -0.1) is 0 Å². The van der Waals surface area contributed by atoms with E-state index in [1.807, 2.05) is 0 Å². The summed E-state index contributed by atoms with van der Waals surface area (Å²) >= 11 is 0. The normalized spacial score (nSPS) is 36.2. The van der Waals surface area contributed by atoms with Crippen molar-refractivity contribution in [2.45, 2.75) is 18.3 Å². The van der Waals surface area contributed by atoms with E-state index in [0.717, 1.165) is 12.2 Å². The minimum atomic E-state index is -1.33. The summed E-state index contributed by atoms with van der Waals surface area (Å²) in [7, 11) is 0. The molecule has 0 aromatic heterocycles. The molecule has 2 unspecified atom stereocenters. The molecule has 0 aromatic rings. The Balaban J connectivity index is 2.00. The van der Waals surface area contributed by atoms with Crippen molar-refractivity contribution in [3.05, 3.63) is 36.5 Å². The molecule has 1 N–H and O–H groups in total. The zero-order valence-corrected chi connectivity index (χ0v) is 8.03. The van der Waals surface area contributed by atoms with Crippen molar-refractivity contribution in [3.63, 3.8) is 0 Å². The molecule has 0 bridgehead atoms. The van der Waals surface area contributed by atoms with Gasteiger partial charge >= 0.3 is 0 Å². The first-order valence-corrected chi connectivity index (χ1v) is 4.63. The lowest BCUT2D eigenvalue weighted by atomic mass is 9.93. The largest absolute Gasteiger partial charge is 0.371 e. The fourth-order valence-corrected chi connectivity index (χ4v) is 1.34. The summed E-state index contributed by atoms with van der Waals surface area (Å²) in [6.45, 7) is 8.72. The Hall–Kier alpha value is -0.900. The molecule has 0 saturated carbocycles. The van der Waals surface area contributed by atoms with E-state index in [9.17, 15) is 5.11 Å². The van der Waals surface area contributed by atoms with Crippen molar-refractivity contribution < 1.29 is 14.6 Å². The predicted molar refractivity (Wildman–Crippen MR) is 52.7 cm³/mol. The molecule has 1 aliphatic carbocycles. The van der Waals surface area contributed by atoms with E-state index in [0.29, 0.717) is 18.6 Å². The van der Waals surface area contributed by atoms with Crippen LogP contribution in [0.1, 0.15) is 6.42 Å². The van der Waals surface area contributed by atoms with E-state index in [1.165, 1.54) is 0 Å². The molecule has 3 heteroatoms. The molecule has 2 atom stereocenters. The summed E-state index contributed by atoms with van der Waals surface area (Å²) in [5.41, 5.74) is 1.57. The smallest absolute Gasteiger partial charge is 0.208 e. The lowest BCUT2D eigenvalue weighted by Crippen LogP contribution is -2.35. The van der Waals surface area contributed by atoms with Crippen molar-refractivity contribution in [2.75, 3.05) is 13.2 Å². The second-order valence-corrected chi connectivity index (χ2v) is 3.73. The van der Waals surface area contributed by atoms with Crippen molar-refractivity contribution in [3.8, 4) is 0 Å². The Morgan fingerprint density at radius 1 is 1.64 bits per heavy atom. The molecular weight excluding hydrogens is 180 g/mol. The summed E-state index contributed by atoms with van der Waals surface area (Å²) in [5.74, 6) is -1.33. The summed E-state index contributed by atoms with van der Waals surface area (Å²) in [5, 5.41) is 10.0. The second kappa shape index (κ2) is 3.35. The van der Waals surface area contributed by atoms with Gasteiger partial charge in [0, 0.05) is 0 Å². The van der Waals surface area contributed by atoms with E-state index in [4.69, 9.17) is 9.47 Å². The SMILES string of the molecule is C=C1C=CC(O)(OCC2CO2)C(=C)C1.